The van der Waals surface area contributed by atoms with Gasteiger partial charge in [0.25, 0.3) is 0 Å². The van der Waals surface area contributed by atoms with Crippen LogP contribution in [0.5, 0.6) is 17.2 Å². The molecule has 5 rings (SSSR count). The molecule has 1 aliphatic rings. The van der Waals surface area contributed by atoms with Crippen LogP contribution < -0.4 is 20.1 Å². The van der Waals surface area contributed by atoms with Gasteiger partial charge in [-0.3, -0.25) is 9.78 Å². The first-order valence-corrected chi connectivity index (χ1v) is 14.4. The van der Waals surface area contributed by atoms with Crippen LogP contribution in [-0.4, -0.2) is 17.5 Å². The van der Waals surface area contributed by atoms with Crippen LogP contribution in [0.3, 0.4) is 0 Å². The van der Waals surface area contributed by atoms with Crippen LogP contribution in [0.25, 0.3) is 10.9 Å². The van der Waals surface area contributed by atoms with Crippen molar-refractivity contribution in [3.63, 3.8) is 0 Å². The Kier molecular flexibility index (Phi) is 8.76. The van der Waals surface area contributed by atoms with Crippen molar-refractivity contribution in [3.05, 3.63) is 108 Å². The molecule has 1 fully saturated rings. The molecule has 0 radical (unpaired) electrons. The van der Waals surface area contributed by atoms with Crippen LogP contribution in [-0.2, 0) is 11.2 Å². The Morgan fingerprint density at radius 3 is 2.37 bits per heavy atom. The lowest BCUT2D eigenvalue weighted by Crippen LogP contribution is -2.28. The summed E-state index contributed by atoms with van der Waals surface area (Å²) < 4.78 is 40.5. The molecule has 0 spiro atoms. The van der Waals surface area contributed by atoms with Gasteiger partial charge in [0.2, 0.25) is 5.91 Å². The number of rotatable bonds is 13. The molecule has 0 saturated heterocycles. The lowest BCUT2D eigenvalue weighted by molar-refractivity contribution is -0.119. The average Bonchev–Trinajstić information content (AvgIpc) is 3.80. The molecule has 222 valence electrons. The van der Waals surface area contributed by atoms with Crippen LogP contribution in [0.2, 0.25) is 0 Å². The van der Waals surface area contributed by atoms with Gasteiger partial charge in [0.05, 0.1) is 17.5 Å². The Hall–Kier alpha value is -4.72. The molecule has 1 aliphatic carbocycles. The van der Waals surface area contributed by atoms with Crippen molar-refractivity contribution in [3.8, 4) is 17.2 Å². The molecule has 1 heterocycles. The molecule has 1 saturated carbocycles. The van der Waals surface area contributed by atoms with Crippen molar-refractivity contribution in [2.24, 2.45) is 5.41 Å². The molecule has 1 aromatic heterocycles. The number of carbonyl (C=O) groups is 1. The molecule has 1 amide bonds. The van der Waals surface area contributed by atoms with E-state index in [2.05, 4.69) is 28.8 Å². The second kappa shape index (κ2) is 12.7. The molecule has 0 unspecified atom stereocenters. The van der Waals surface area contributed by atoms with E-state index in [1.54, 1.807) is 30.5 Å². The van der Waals surface area contributed by atoms with Crippen molar-refractivity contribution in [1.82, 2.24) is 4.98 Å². The topological polar surface area (TPSA) is 72.5 Å². The fraction of sp³-hybridized carbons (Fsp3) is 0.257. The van der Waals surface area contributed by atoms with Crippen molar-refractivity contribution in [2.45, 2.75) is 46.0 Å². The molecule has 4 aromatic rings. The van der Waals surface area contributed by atoms with Gasteiger partial charge in [-0.25, -0.2) is 8.78 Å². The van der Waals surface area contributed by atoms with E-state index in [1.807, 2.05) is 26.0 Å². The summed E-state index contributed by atoms with van der Waals surface area (Å²) in [5.74, 6) is -0.00107. The second-order valence-corrected chi connectivity index (χ2v) is 10.9. The highest BCUT2D eigenvalue weighted by molar-refractivity contribution is 6.00. The van der Waals surface area contributed by atoms with Gasteiger partial charge in [-0.1, -0.05) is 19.1 Å². The molecular formula is C35H35F2N3O3. The Labute approximate surface area is 250 Å². The quantitative estimate of drug-likeness (QED) is 0.121. The number of anilines is 2. The predicted octanol–water partition coefficient (Wildman–Crippen LogP) is 8.95. The van der Waals surface area contributed by atoms with Gasteiger partial charge in [0.15, 0.2) is 11.6 Å². The summed E-state index contributed by atoms with van der Waals surface area (Å²) in [7, 11) is 0. The fourth-order valence-corrected chi connectivity index (χ4v) is 4.90. The van der Waals surface area contributed by atoms with Gasteiger partial charge >= 0.3 is 0 Å². The largest absolute Gasteiger partial charge is 0.493 e. The maximum Gasteiger partial charge on any atom is 0.236 e. The molecule has 0 bridgehead atoms. The van der Waals surface area contributed by atoms with Gasteiger partial charge < -0.3 is 20.1 Å². The Morgan fingerprint density at radius 1 is 0.953 bits per heavy atom. The fourth-order valence-electron chi connectivity index (χ4n) is 4.90. The number of benzene rings is 3. The first-order valence-electron chi connectivity index (χ1n) is 14.4. The SMILES string of the molecule is C=C(C)CCCOc1cc2nccc(Oc3ccc(NC(=O)C4(C(=C)Nc5ccc(F)cc5)CC4)cc3F)c2cc1CC. The van der Waals surface area contributed by atoms with Crippen molar-refractivity contribution >= 4 is 28.2 Å². The minimum absolute atomic E-state index is 0.0205. The number of ether oxygens (including phenoxy) is 2. The van der Waals surface area contributed by atoms with Crippen LogP contribution in [0.4, 0.5) is 20.2 Å². The Morgan fingerprint density at radius 2 is 1.70 bits per heavy atom. The van der Waals surface area contributed by atoms with Gasteiger partial charge in [-0.05, 0) is 93.1 Å². The zero-order chi connectivity index (χ0) is 30.6. The third-order valence-corrected chi connectivity index (χ3v) is 7.58. The van der Waals surface area contributed by atoms with E-state index in [9.17, 15) is 9.18 Å². The second-order valence-electron chi connectivity index (χ2n) is 10.9. The van der Waals surface area contributed by atoms with Crippen molar-refractivity contribution in [2.75, 3.05) is 17.2 Å². The van der Waals surface area contributed by atoms with E-state index in [1.165, 1.54) is 24.3 Å². The van der Waals surface area contributed by atoms with E-state index in [-0.39, 0.29) is 17.5 Å². The van der Waals surface area contributed by atoms with Gasteiger partial charge in [-0.15, -0.1) is 6.58 Å². The zero-order valence-electron chi connectivity index (χ0n) is 24.4. The predicted molar refractivity (Wildman–Crippen MR) is 167 cm³/mol. The maximum atomic E-state index is 15.2. The summed E-state index contributed by atoms with van der Waals surface area (Å²) in [6.45, 7) is 12.6. The van der Waals surface area contributed by atoms with E-state index < -0.39 is 11.2 Å². The van der Waals surface area contributed by atoms with E-state index in [0.29, 0.717) is 47.8 Å². The average molecular weight is 584 g/mol. The smallest absolute Gasteiger partial charge is 0.236 e. The lowest BCUT2D eigenvalue weighted by Gasteiger charge is -2.20. The molecule has 3 aromatic carbocycles. The summed E-state index contributed by atoms with van der Waals surface area (Å²) in [6.07, 6.45) is 5.35. The molecular weight excluding hydrogens is 548 g/mol. The minimum Gasteiger partial charge on any atom is -0.493 e. The van der Waals surface area contributed by atoms with Crippen LogP contribution >= 0.6 is 0 Å². The number of halogens is 2. The summed E-state index contributed by atoms with van der Waals surface area (Å²) >= 11 is 0. The number of amides is 1. The number of allylic oxidation sites excluding steroid dienone is 1. The molecule has 8 heteroatoms. The summed E-state index contributed by atoms with van der Waals surface area (Å²) in [5.41, 5.74) is 3.43. The third-order valence-electron chi connectivity index (χ3n) is 7.58. The van der Waals surface area contributed by atoms with Crippen molar-refractivity contribution in [1.29, 1.82) is 0 Å². The number of carbonyl (C=O) groups excluding carboxylic acids is 1. The zero-order valence-corrected chi connectivity index (χ0v) is 24.4. The van der Waals surface area contributed by atoms with E-state index >= 15 is 4.39 Å². The number of fused-ring (bicyclic) bond motifs is 1. The highest BCUT2D eigenvalue weighted by Gasteiger charge is 2.52. The number of hydrogen-bond acceptors (Lipinski definition) is 5. The molecule has 2 N–H and O–H groups in total. The standard InChI is InChI=1S/C35H35F2N3O3/c1-5-24-19-28-30(21-33(24)42-18-6-7-22(2)3)38-17-14-31(28)43-32-13-12-27(20-29(32)37)40-34(41)35(15-16-35)23(4)39-26-10-8-25(36)9-11-26/h8-14,17,19-21,39H,2,4-7,15-16,18H2,1,3H3,(H,40,41). The highest BCUT2D eigenvalue weighted by atomic mass is 19.1. The van der Waals surface area contributed by atoms with Crippen LogP contribution in [0, 0.1) is 17.0 Å². The monoisotopic (exact) mass is 583 g/mol. The molecule has 0 atom stereocenters. The number of pyridine rings is 1. The first-order chi connectivity index (χ1) is 20.7. The molecule has 43 heavy (non-hydrogen) atoms. The number of aromatic nitrogens is 1. The summed E-state index contributed by atoms with van der Waals surface area (Å²) in [6, 6.07) is 15.7. The number of nitrogens with one attached hydrogen (secondary N) is 2. The van der Waals surface area contributed by atoms with E-state index in [4.69, 9.17) is 9.47 Å². The van der Waals surface area contributed by atoms with Crippen LogP contribution in [0.1, 0.15) is 45.1 Å². The van der Waals surface area contributed by atoms with Gasteiger partial charge in [-0.2, -0.15) is 0 Å². The number of hydrogen-bond donors (Lipinski definition) is 2. The van der Waals surface area contributed by atoms with Gasteiger partial charge in [0.1, 0.15) is 17.3 Å². The summed E-state index contributed by atoms with van der Waals surface area (Å²) in [4.78, 5) is 17.6. The lowest BCUT2D eigenvalue weighted by atomic mass is 10.0. The van der Waals surface area contributed by atoms with Crippen LogP contribution in [0.15, 0.2) is 91.3 Å². The normalized spacial score (nSPS) is 13.3. The first kappa shape index (κ1) is 29.8. The summed E-state index contributed by atoms with van der Waals surface area (Å²) in [5, 5.41) is 6.65. The molecule has 0 aliphatic heterocycles. The van der Waals surface area contributed by atoms with E-state index in [0.717, 1.165) is 41.5 Å². The maximum absolute atomic E-state index is 15.2. The number of nitrogens with zero attached hydrogens (tertiary/aromatic N) is 1. The van der Waals surface area contributed by atoms with Crippen molar-refractivity contribution < 1.29 is 23.0 Å². The highest BCUT2D eigenvalue weighted by Crippen LogP contribution is 2.52. The third kappa shape index (κ3) is 6.85. The Balaban J connectivity index is 1.27. The Bertz CT molecular complexity index is 1680. The number of aryl methyl sites for hydroxylation is 1. The minimum atomic E-state index is -0.819. The van der Waals surface area contributed by atoms with Gasteiger partial charge in [0, 0.05) is 40.8 Å². The molecule has 6 nitrogen and oxygen atoms in total.